The van der Waals surface area contributed by atoms with Gasteiger partial charge in [0.15, 0.2) is 11.6 Å². The highest BCUT2D eigenvalue weighted by Crippen LogP contribution is 2.30. The molecule has 2 heterocycles. The molecule has 4 nitrogen and oxygen atoms in total. The minimum Gasteiger partial charge on any atom is -0.485 e. The van der Waals surface area contributed by atoms with Crippen LogP contribution in [0, 0.1) is 6.54 Å². The van der Waals surface area contributed by atoms with E-state index < -0.39 is 0 Å². The summed E-state index contributed by atoms with van der Waals surface area (Å²) in [4.78, 5) is 6.66. The zero-order chi connectivity index (χ0) is 20.2. The van der Waals surface area contributed by atoms with Crippen LogP contribution in [0.25, 0.3) is 11.1 Å². The molecule has 1 aliphatic heterocycles. The zero-order valence-electron chi connectivity index (χ0n) is 15.9. The van der Waals surface area contributed by atoms with Gasteiger partial charge in [0.05, 0.1) is 6.54 Å². The summed E-state index contributed by atoms with van der Waals surface area (Å²) in [7, 11) is 0. The van der Waals surface area contributed by atoms with Crippen molar-refractivity contribution < 1.29 is 4.74 Å². The van der Waals surface area contributed by atoms with Crippen molar-refractivity contribution in [2.45, 2.75) is 19.4 Å². The van der Waals surface area contributed by atoms with Crippen LogP contribution in [0.1, 0.15) is 24.0 Å². The lowest BCUT2D eigenvalue weighted by Crippen LogP contribution is -2.15. The number of halogens is 2. The molecule has 4 rings (SSSR count). The highest BCUT2D eigenvalue weighted by Gasteiger charge is 2.13. The Hall–Kier alpha value is -2.27. The summed E-state index contributed by atoms with van der Waals surface area (Å²) in [5.74, 6) is 0.835. The molecule has 29 heavy (non-hydrogen) atoms. The number of nitrogen functional groups attached to an aromatic ring is 1. The smallest absolute Gasteiger partial charge is 0.166 e. The predicted octanol–water partition coefficient (Wildman–Crippen LogP) is 5.82. The Labute approximate surface area is 181 Å². The van der Waals surface area contributed by atoms with E-state index >= 15 is 0 Å². The summed E-state index contributed by atoms with van der Waals surface area (Å²) in [6.07, 6.45) is 4.30. The van der Waals surface area contributed by atoms with Crippen LogP contribution in [-0.4, -0.2) is 23.0 Å². The largest absolute Gasteiger partial charge is 0.485 e. The maximum atomic E-state index is 6.22. The minimum atomic E-state index is 0.220. The number of anilines is 1. The number of aromatic nitrogens is 1. The maximum Gasteiger partial charge on any atom is 0.166 e. The first kappa shape index (κ1) is 20.0. The summed E-state index contributed by atoms with van der Waals surface area (Å²) in [5.41, 5.74) is 9.92. The maximum absolute atomic E-state index is 6.22. The fourth-order valence-corrected chi connectivity index (χ4v) is 3.90. The average molecular weight is 427 g/mol. The van der Waals surface area contributed by atoms with Gasteiger partial charge in [-0.1, -0.05) is 53.5 Å². The molecule has 1 radical (unpaired) electrons. The molecule has 2 aromatic carbocycles. The molecule has 0 bridgehead atoms. The van der Waals surface area contributed by atoms with E-state index in [2.05, 4.69) is 40.7 Å². The van der Waals surface area contributed by atoms with Gasteiger partial charge in [0.1, 0.15) is 6.61 Å². The lowest BCUT2D eigenvalue weighted by Gasteiger charge is -2.14. The molecule has 1 fully saturated rings. The van der Waals surface area contributed by atoms with E-state index in [4.69, 9.17) is 33.7 Å². The van der Waals surface area contributed by atoms with E-state index in [1.807, 2.05) is 6.07 Å². The third-order valence-electron chi connectivity index (χ3n) is 5.03. The summed E-state index contributed by atoms with van der Waals surface area (Å²) in [5, 5.41) is 1.12. The summed E-state index contributed by atoms with van der Waals surface area (Å²) < 4.78 is 5.89. The van der Waals surface area contributed by atoms with Gasteiger partial charge in [-0.3, -0.25) is 4.90 Å². The number of rotatable bonds is 6. The Morgan fingerprint density at radius 3 is 2.38 bits per heavy atom. The molecule has 0 atom stereocenters. The molecular formula is C23H22Cl2N3O. The van der Waals surface area contributed by atoms with Gasteiger partial charge in [0, 0.05) is 27.4 Å². The quantitative estimate of drug-likeness (QED) is 0.539. The molecule has 3 aromatic rings. The van der Waals surface area contributed by atoms with Crippen molar-refractivity contribution in [3.8, 4) is 16.9 Å². The first-order valence-corrected chi connectivity index (χ1v) is 10.4. The SMILES string of the molecule is Nc1ncc(-c2ccc([CH]N3CCCC3)cc2)cc1OCc1c(Cl)cccc1Cl. The van der Waals surface area contributed by atoms with Crippen LogP contribution in [0.2, 0.25) is 10.0 Å². The van der Waals surface area contributed by atoms with E-state index in [0.717, 1.165) is 29.8 Å². The molecule has 1 aromatic heterocycles. The molecule has 0 spiro atoms. The highest BCUT2D eigenvalue weighted by atomic mass is 35.5. The number of hydrogen-bond acceptors (Lipinski definition) is 4. The van der Waals surface area contributed by atoms with E-state index in [1.54, 1.807) is 24.4 Å². The third-order valence-corrected chi connectivity index (χ3v) is 5.74. The number of pyridine rings is 1. The summed E-state index contributed by atoms with van der Waals surface area (Å²) in [6, 6.07) is 15.7. The van der Waals surface area contributed by atoms with Gasteiger partial charge in [-0.05, 0) is 55.3 Å². The van der Waals surface area contributed by atoms with Gasteiger partial charge in [-0.15, -0.1) is 0 Å². The molecule has 2 N–H and O–H groups in total. The number of nitrogens with two attached hydrogens (primary N) is 1. The lowest BCUT2D eigenvalue weighted by atomic mass is 10.1. The van der Waals surface area contributed by atoms with Crippen molar-refractivity contribution in [3.05, 3.63) is 82.4 Å². The number of likely N-dealkylation sites (tertiary alicyclic amines) is 1. The van der Waals surface area contributed by atoms with Crippen LogP contribution < -0.4 is 10.5 Å². The van der Waals surface area contributed by atoms with E-state index in [-0.39, 0.29) is 6.61 Å². The molecule has 0 unspecified atom stereocenters. The summed E-state index contributed by atoms with van der Waals surface area (Å²) >= 11 is 12.4. The topological polar surface area (TPSA) is 51.4 Å². The van der Waals surface area contributed by atoms with Crippen molar-refractivity contribution in [1.29, 1.82) is 0 Å². The Morgan fingerprint density at radius 1 is 1.00 bits per heavy atom. The fraction of sp³-hybridized carbons (Fsp3) is 0.217. The lowest BCUT2D eigenvalue weighted by molar-refractivity contribution is 0.307. The van der Waals surface area contributed by atoms with Crippen LogP contribution in [0.5, 0.6) is 5.75 Å². The first-order valence-electron chi connectivity index (χ1n) is 9.61. The van der Waals surface area contributed by atoms with Gasteiger partial charge in [-0.25, -0.2) is 4.98 Å². The van der Waals surface area contributed by atoms with Crippen molar-refractivity contribution >= 4 is 29.0 Å². The first-order chi connectivity index (χ1) is 14.1. The second-order valence-electron chi connectivity index (χ2n) is 7.09. The Bertz CT molecular complexity index is 966. The van der Waals surface area contributed by atoms with Gasteiger partial charge in [-0.2, -0.15) is 0 Å². The van der Waals surface area contributed by atoms with Crippen LogP contribution >= 0.6 is 23.2 Å². The summed E-state index contributed by atoms with van der Waals surface area (Å²) in [6.45, 7) is 4.72. The van der Waals surface area contributed by atoms with Crippen molar-refractivity contribution in [3.63, 3.8) is 0 Å². The Kier molecular flexibility index (Phi) is 6.24. The molecule has 1 saturated heterocycles. The highest BCUT2D eigenvalue weighted by molar-refractivity contribution is 6.35. The van der Waals surface area contributed by atoms with E-state index in [1.165, 1.54) is 18.4 Å². The standard InChI is InChI=1S/C23H22Cl2N3O/c24-20-4-3-5-21(25)19(20)15-29-22-12-18(13-27-23(22)26)17-8-6-16(7-9-17)14-28-10-1-2-11-28/h3-9,12-14H,1-2,10-11,15H2,(H2,26,27). The molecule has 6 heteroatoms. The number of ether oxygens (including phenoxy) is 1. The van der Waals surface area contributed by atoms with Crippen LogP contribution in [0.15, 0.2) is 54.7 Å². The van der Waals surface area contributed by atoms with Crippen LogP contribution in [0.4, 0.5) is 5.82 Å². The number of benzene rings is 2. The molecule has 1 aliphatic rings. The van der Waals surface area contributed by atoms with Crippen molar-refractivity contribution in [1.82, 2.24) is 9.88 Å². The molecule has 0 amide bonds. The molecule has 0 aliphatic carbocycles. The van der Waals surface area contributed by atoms with Gasteiger partial charge in [0.25, 0.3) is 0 Å². The average Bonchev–Trinajstić information content (AvgIpc) is 3.22. The third kappa shape index (κ3) is 4.84. The second kappa shape index (κ2) is 9.04. The second-order valence-corrected chi connectivity index (χ2v) is 7.90. The monoisotopic (exact) mass is 426 g/mol. The Balaban J connectivity index is 1.49. The van der Waals surface area contributed by atoms with Gasteiger partial charge < -0.3 is 10.5 Å². The predicted molar refractivity (Wildman–Crippen MR) is 119 cm³/mol. The van der Waals surface area contributed by atoms with Crippen molar-refractivity contribution in [2.24, 2.45) is 0 Å². The molecule has 0 saturated carbocycles. The van der Waals surface area contributed by atoms with E-state index in [0.29, 0.717) is 21.6 Å². The zero-order valence-corrected chi connectivity index (χ0v) is 17.5. The van der Waals surface area contributed by atoms with Crippen LogP contribution in [0.3, 0.4) is 0 Å². The van der Waals surface area contributed by atoms with Crippen molar-refractivity contribution in [2.75, 3.05) is 18.8 Å². The fourth-order valence-electron chi connectivity index (χ4n) is 3.39. The Morgan fingerprint density at radius 2 is 1.69 bits per heavy atom. The molecule has 149 valence electrons. The normalized spacial score (nSPS) is 14.3. The van der Waals surface area contributed by atoms with E-state index in [9.17, 15) is 0 Å². The van der Waals surface area contributed by atoms with Crippen LogP contribution in [-0.2, 0) is 6.61 Å². The number of hydrogen-bond donors (Lipinski definition) is 1. The van der Waals surface area contributed by atoms with Gasteiger partial charge >= 0.3 is 0 Å². The molecular weight excluding hydrogens is 405 g/mol. The van der Waals surface area contributed by atoms with Gasteiger partial charge in [0.2, 0.25) is 0 Å². The minimum absolute atomic E-state index is 0.220. The number of nitrogens with zero attached hydrogens (tertiary/aromatic N) is 2.